The highest BCUT2D eigenvalue weighted by Gasteiger charge is 2.24. The molecule has 0 bridgehead atoms. The highest BCUT2D eigenvalue weighted by Crippen LogP contribution is 2.14. The van der Waals surface area contributed by atoms with Gasteiger partial charge in [0.1, 0.15) is 0 Å². The quantitative estimate of drug-likeness (QED) is 0.747. The average Bonchev–Trinajstić information content (AvgIpc) is 2.17. The number of hydrogen-bond acceptors (Lipinski definition) is 2. The number of likely N-dealkylation sites (N-methyl/N-ethyl adjacent to an activating group) is 1. The maximum absolute atomic E-state index is 5.23. The van der Waals surface area contributed by atoms with E-state index in [1.54, 1.807) is 0 Å². The van der Waals surface area contributed by atoms with Crippen molar-refractivity contribution in [2.24, 2.45) is 0 Å². The van der Waals surface area contributed by atoms with Crippen molar-refractivity contribution in [3.05, 3.63) is 35.4 Å². The lowest BCUT2D eigenvalue weighted by Crippen LogP contribution is -2.48. The Bertz CT molecular complexity index is 303. The molecule has 15 heavy (non-hydrogen) atoms. The molecule has 1 fully saturated rings. The van der Waals surface area contributed by atoms with Gasteiger partial charge in [-0.05, 0) is 19.0 Å². The van der Waals surface area contributed by atoms with E-state index in [-0.39, 0.29) is 0 Å². The molecule has 1 heterocycles. The van der Waals surface area contributed by atoms with E-state index in [2.05, 4.69) is 43.0 Å². The zero-order chi connectivity index (χ0) is 10.7. The van der Waals surface area contributed by atoms with Crippen LogP contribution in [0.5, 0.6) is 0 Å². The number of hydrogen-bond donors (Lipinski definition) is 0. The Morgan fingerprint density at radius 1 is 1.27 bits per heavy atom. The van der Waals surface area contributed by atoms with E-state index in [0.717, 1.165) is 26.3 Å². The van der Waals surface area contributed by atoms with Gasteiger partial charge in [-0.3, -0.25) is 4.90 Å². The first-order valence-corrected chi connectivity index (χ1v) is 5.67. The maximum Gasteiger partial charge on any atom is 0.0645 e. The van der Waals surface area contributed by atoms with Crippen molar-refractivity contribution < 1.29 is 4.74 Å². The Morgan fingerprint density at radius 2 is 1.93 bits per heavy atom. The largest absolute Gasteiger partial charge is 0.378 e. The molecule has 0 radical (unpaired) electrons. The van der Waals surface area contributed by atoms with Crippen molar-refractivity contribution in [3.8, 4) is 0 Å². The summed E-state index contributed by atoms with van der Waals surface area (Å²) in [5.74, 6) is 0. The molecule has 1 saturated heterocycles. The highest BCUT2D eigenvalue weighted by atomic mass is 16.5. The van der Waals surface area contributed by atoms with Gasteiger partial charge in [0.2, 0.25) is 0 Å². The van der Waals surface area contributed by atoms with Crippen LogP contribution in [0.2, 0.25) is 0 Å². The summed E-state index contributed by atoms with van der Waals surface area (Å²) in [4.78, 5) is 2.48. The molecule has 0 unspecified atom stereocenters. The molecule has 1 aliphatic heterocycles. The molecule has 0 N–H and O–H groups in total. The first-order valence-electron chi connectivity index (χ1n) is 5.67. The minimum atomic E-state index is 0.635. The first kappa shape index (κ1) is 10.7. The predicted molar refractivity (Wildman–Crippen MR) is 61.9 cm³/mol. The average molecular weight is 205 g/mol. The third-order valence-electron chi connectivity index (χ3n) is 3.05. The van der Waals surface area contributed by atoms with Crippen molar-refractivity contribution in [2.45, 2.75) is 26.4 Å². The molecule has 0 aliphatic carbocycles. The number of nitrogens with zero attached hydrogens (tertiary/aromatic N) is 1. The fraction of sp³-hybridized carbons (Fsp3) is 0.538. The van der Waals surface area contributed by atoms with Crippen molar-refractivity contribution >= 4 is 0 Å². The molecular formula is C13H19NO. The Labute approximate surface area is 91.9 Å². The van der Waals surface area contributed by atoms with Crippen molar-refractivity contribution in [3.63, 3.8) is 0 Å². The van der Waals surface area contributed by atoms with Crippen LogP contribution in [-0.2, 0) is 11.3 Å². The molecule has 1 aromatic carbocycles. The number of ether oxygens (including phenoxy) is 1. The second-order valence-corrected chi connectivity index (χ2v) is 4.24. The van der Waals surface area contributed by atoms with Gasteiger partial charge in [0.25, 0.3) is 0 Å². The van der Waals surface area contributed by atoms with Crippen LogP contribution in [0.4, 0.5) is 0 Å². The second kappa shape index (κ2) is 4.77. The molecule has 0 amide bonds. The summed E-state index contributed by atoms with van der Waals surface area (Å²) >= 11 is 0. The molecule has 2 nitrogen and oxygen atoms in total. The smallest absolute Gasteiger partial charge is 0.0645 e. The fourth-order valence-electron chi connectivity index (χ4n) is 1.86. The van der Waals surface area contributed by atoms with Crippen LogP contribution in [0.3, 0.4) is 0 Å². The standard InChI is InChI=1S/C13H19NO/c1-3-14(13-9-15-10-13)8-12-6-4-11(2)5-7-12/h4-7,13H,3,8-10H2,1-2H3. The Kier molecular flexibility index (Phi) is 3.39. The SMILES string of the molecule is CCN(Cc1ccc(C)cc1)C1COC1. The Morgan fingerprint density at radius 3 is 2.40 bits per heavy atom. The van der Waals surface area contributed by atoms with Crippen LogP contribution in [0, 0.1) is 6.92 Å². The van der Waals surface area contributed by atoms with Gasteiger partial charge in [-0.25, -0.2) is 0 Å². The summed E-state index contributed by atoms with van der Waals surface area (Å²) in [5, 5.41) is 0. The molecule has 82 valence electrons. The molecular weight excluding hydrogens is 186 g/mol. The molecule has 2 heteroatoms. The van der Waals surface area contributed by atoms with E-state index in [0.29, 0.717) is 6.04 Å². The number of benzene rings is 1. The third kappa shape index (κ3) is 2.58. The predicted octanol–water partition coefficient (Wildman–Crippen LogP) is 2.22. The number of aryl methyl sites for hydroxylation is 1. The lowest BCUT2D eigenvalue weighted by Gasteiger charge is -2.36. The van der Waals surface area contributed by atoms with E-state index in [1.165, 1.54) is 11.1 Å². The van der Waals surface area contributed by atoms with Crippen molar-refractivity contribution in [1.29, 1.82) is 0 Å². The second-order valence-electron chi connectivity index (χ2n) is 4.24. The molecule has 0 aromatic heterocycles. The lowest BCUT2D eigenvalue weighted by molar-refractivity contribution is -0.0662. The summed E-state index contributed by atoms with van der Waals surface area (Å²) in [5.41, 5.74) is 2.73. The van der Waals surface area contributed by atoms with Gasteiger partial charge < -0.3 is 4.74 Å². The van der Waals surface area contributed by atoms with Crippen LogP contribution in [-0.4, -0.2) is 30.7 Å². The fourth-order valence-corrected chi connectivity index (χ4v) is 1.86. The Hall–Kier alpha value is -0.860. The van der Waals surface area contributed by atoms with Gasteiger partial charge in [0.05, 0.1) is 19.3 Å². The van der Waals surface area contributed by atoms with E-state index in [1.807, 2.05) is 0 Å². The van der Waals surface area contributed by atoms with Crippen LogP contribution >= 0.6 is 0 Å². The molecule has 0 spiro atoms. The minimum Gasteiger partial charge on any atom is -0.378 e. The normalized spacial score (nSPS) is 16.7. The van der Waals surface area contributed by atoms with Gasteiger partial charge in [-0.1, -0.05) is 36.8 Å². The number of rotatable bonds is 4. The summed E-state index contributed by atoms with van der Waals surface area (Å²) in [6.07, 6.45) is 0. The summed E-state index contributed by atoms with van der Waals surface area (Å²) < 4.78 is 5.23. The highest BCUT2D eigenvalue weighted by molar-refractivity contribution is 5.21. The van der Waals surface area contributed by atoms with Gasteiger partial charge in [-0.2, -0.15) is 0 Å². The van der Waals surface area contributed by atoms with Crippen LogP contribution < -0.4 is 0 Å². The molecule has 1 aromatic rings. The topological polar surface area (TPSA) is 12.5 Å². The summed E-state index contributed by atoms with van der Waals surface area (Å²) in [7, 11) is 0. The van der Waals surface area contributed by atoms with E-state index in [9.17, 15) is 0 Å². The van der Waals surface area contributed by atoms with Gasteiger partial charge in [-0.15, -0.1) is 0 Å². The molecule has 2 rings (SSSR count). The summed E-state index contributed by atoms with van der Waals surface area (Å²) in [6.45, 7) is 8.29. The van der Waals surface area contributed by atoms with Crippen LogP contribution in [0.1, 0.15) is 18.1 Å². The van der Waals surface area contributed by atoms with Gasteiger partial charge >= 0.3 is 0 Å². The monoisotopic (exact) mass is 205 g/mol. The minimum absolute atomic E-state index is 0.635. The third-order valence-corrected chi connectivity index (χ3v) is 3.05. The Balaban J connectivity index is 1.96. The van der Waals surface area contributed by atoms with Crippen LogP contribution in [0.15, 0.2) is 24.3 Å². The van der Waals surface area contributed by atoms with Gasteiger partial charge in [0.15, 0.2) is 0 Å². The van der Waals surface area contributed by atoms with Gasteiger partial charge in [0, 0.05) is 6.54 Å². The zero-order valence-electron chi connectivity index (χ0n) is 9.57. The van der Waals surface area contributed by atoms with E-state index >= 15 is 0 Å². The molecule has 0 atom stereocenters. The molecule has 1 aliphatic rings. The lowest BCUT2D eigenvalue weighted by atomic mass is 10.1. The molecule has 0 saturated carbocycles. The van der Waals surface area contributed by atoms with E-state index in [4.69, 9.17) is 4.74 Å². The first-order chi connectivity index (χ1) is 7.29. The van der Waals surface area contributed by atoms with Crippen molar-refractivity contribution in [2.75, 3.05) is 19.8 Å². The summed E-state index contributed by atoms with van der Waals surface area (Å²) in [6, 6.07) is 9.44. The van der Waals surface area contributed by atoms with Crippen molar-refractivity contribution in [1.82, 2.24) is 4.90 Å². The zero-order valence-corrected chi connectivity index (χ0v) is 9.57. The van der Waals surface area contributed by atoms with E-state index < -0.39 is 0 Å². The maximum atomic E-state index is 5.23. The van der Waals surface area contributed by atoms with Crippen LogP contribution in [0.25, 0.3) is 0 Å².